The fourth-order valence-corrected chi connectivity index (χ4v) is 3.12. The molecule has 0 bridgehead atoms. The van der Waals surface area contributed by atoms with Gasteiger partial charge in [0.15, 0.2) is 5.82 Å². The number of furan rings is 1. The standard InChI is InChI=1S/C23H20N6O4/c1-15(30)24-17-10-11-21(32-2)19(13-17)25-23(31)20(14-18-9-6-12-33-18)29-22(26-27-28-29)16-7-4-3-5-8-16/h3-14H,1-2H3,(H,24,30)(H,25,31)/b20-14+. The van der Waals surface area contributed by atoms with Crippen LogP contribution in [0.15, 0.2) is 71.3 Å². The smallest absolute Gasteiger partial charge is 0.274 e. The van der Waals surface area contributed by atoms with Crippen molar-refractivity contribution in [3.8, 4) is 17.1 Å². The molecule has 4 aromatic rings. The topological polar surface area (TPSA) is 124 Å². The Morgan fingerprint density at radius 2 is 1.88 bits per heavy atom. The Morgan fingerprint density at radius 1 is 1.06 bits per heavy atom. The molecule has 2 aromatic carbocycles. The fraction of sp³-hybridized carbons (Fsp3) is 0.0870. The lowest BCUT2D eigenvalue weighted by Gasteiger charge is -2.14. The number of carbonyl (C=O) groups excluding carboxylic acids is 2. The first-order chi connectivity index (χ1) is 16.0. The highest BCUT2D eigenvalue weighted by Crippen LogP contribution is 2.29. The van der Waals surface area contributed by atoms with E-state index in [1.54, 1.807) is 30.3 Å². The lowest BCUT2D eigenvalue weighted by Crippen LogP contribution is -2.20. The zero-order chi connectivity index (χ0) is 23.2. The van der Waals surface area contributed by atoms with Gasteiger partial charge in [-0.05, 0) is 40.8 Å². The van der Waals surface area contributed by atoms with E-state index in [1.165, 1.54) is 31.1 Å². The second kappa shape index (κ2) is 9.60. The maximum absolute atomic E-state index is 13.4. The molecular formula is C23H20N6O4. The minimum absolute atomic E-state index is 0.112. The van der Waals surface area contributed by atoms with Crippen LogP contribution in [-0.2, 0) is 9.59 Å². The van der Waals surface area contributed by atoms with Crippen molar-refractivity contribution in [2.75, 3.05) is 17.7 Å². The van der Waals surface area contributed by atoms with E-state index in [4.69, 9.17) is 9.15 Å². The summed E-state index contributed by atoms with van der Waals surface area (Å²) in [6.07, 6.45) is 3.03. The molecule has 2 aromatic heterocycles. The Bertz CT molecular complexity index is 1300. The first-order valence-corrected chi connectivity index (χ1v) is 9.91. The zero-order valence-corrected chi connectivity index (χ0v) is 17.9. The summed E-state index contributed by atoms with van der Waals surface area (Å²) in [5.74, 6) is 0.470. The molecule has 0 aliphatic heterocycles. The minimum Gasteiger partial charge on any atom is -0.495 e. The van der Waals surface area contributed by atoms with Gasteiger partial charge in [-0.2, -0.15) is 4.68 Å². The second-order valence-electron chi connectivity index (χ2n) is 6.88. The van der Waals surface area contributed by atoms with Gasteiger partial charge in [-0.15, -0.1) is 5.10 Å². The molecule has 166 valence electrons. The lowest BCUT2D eigenvalue weighted by atomic mass is 10.2. The number of ether oxygens (including phenoxy) is 1. The molecule has 0 fully saturated rings. The number of hydrogen-bond donors (Lipinski definition) is 2. The molecule has 0 spiro atoms. The van der Waals surface area contributed by atoms with Gasteiger partial charge in [0.05, 0.1) is 19.1 Å². The fourth-order valence-electron chi connectivity index (χ4n) is 3.12. The zero-order valence-electron chi connectivity index (χ0n) is 17.9. The van der Waals surface area contributed by atoms with Crippen LogP contribution in [0.1, 0.15) is 12.7 Å². The van der Waals surface area contributed by atoms with Crippen molar-refractivity contribution in [1.82, 2.24) is 20.2 Å². The van der Waals surface area contributed by atoms with Gasteiger partial charge in [-0.1, -0.05) is 30.3 Å². The number of nitrogens with one attached hydrogen (secondary N) is 2. The van der Waals surface area contributed by atoms with Crippen LogP contribution < -0.4 is 15.4 Å². The molecule has 33 heavy (non-hydrogen) atoms. The van der Waals surface area contributed by atoms with E-state index >= 15 is 0 Å². The molecule has 0 aliphatic rings. The van der Waals surface area contributed by atoms with Crippen LogP contribution in [0.2, 0.25) is 0 Å². The maximum Gasteiger partial charge on any atom is 0.274 e. The first-order valence-electron chi connectivity index (χ1n) is 9.91. The number of aromatic nitrogens is 4. The van der Waals surface area contributed by atoms with E-state index < -0.39 is 5.91 Å². The molecule has 0 radical (unpaired) electrons. The molecule has 2 heterocycles. The van der Waals surface area contributed by atoms with Crippen molar-refractivity contribution < 1.29 is 18.7 Å². The number of rotatable bonds is 7. The van der Waals surface area contributed by atoms with Crippen molar-refractivity contribution in [1.29, 1.82) is 0 Å². The summed E-state index contributed by atoms with van der Waals surface area (Å²) in [5, 5.41) is 17.4. The third-order valence-electron chi connectivity index (χ3n) is 4.55. The molecule has 0 aliphatic carbocycles. The van der Waals surface area contributed by atoms with Gasteiger partial charge in [0.2, 0.25) is 5.91 Å². The Balaban J connectivity index is 1.74. The van der Waals surface area contributed by atoms with E-state index in [2.05, 4.69) is 26.2 Å². The van der Waals surface area contributed by atoms with Gasteiger partial charge in [0.25, 0.3) is 5.91 Å². The first kappa shape index (κ1) is 21.5. The predicted molar refractivity (Wildman–Crippen MR) is 122 cm³/mol. The summed E-state index contributed by atoms with van der Waals surface area (Å²) in [7, 11) is 1.48. The Morgan fingerprint density at radius 3 is 2.58 bits per heavy atom. The highest BCUT2D eigenvalue weighted by Gasteiger charge is 2.21. The molecule has 0 atom stereocenters. The lowest BCUT2D eigenvalue weighted by molar-refractivity contribution is -0.114. The van der Waals surface area contributed by atoms with Crippen LogP contribution >= 0.6 is 0 Å². The van der Waals surface area contributed by atoms with Crippen LogP contribution in [0.4, 0.5) is 11.4 Å². The number of hydrogen-bond acceptors (Lipinski definition) is 7. The summed E-state index contributed by atoms with van der Waals surface area (Å²) >= 11 is 0. The van der Waals surface area contributed by atoms with E-state index in [9.17, 15) is 9.59 Å². The van der Waals surface area contributed by atoms with Crippen LogP contribution in [0.3, 0.4) is 0 Å². The number of nitrogens with zero attached hydrogens (tertiary/aromatic N) is 4. The molecule has 2 amide bonds. The third-order valence-corrected chi connectivity index (χ3v) is 4.55. The summed E-state index contributed by atoms with van der Waals surface area (Å²) in [6.45, 7) is 1.40. The molecule has 4 rings (SSSR count). The average Bonchev–Trinajstić information content (AvgIpc) is 3.50. The van der Waals surface area contributed by atoms with Crippen molar-refractivity contribution in [3.05, 3.63) is 72.7 Å². The number of methoxy groups -OCH3 is 1. The van der Waals surface area contributed by atoms with Crippen LogP contribution in [-0.4, -0.2) is 39.1 Å². The number of tetrazole rings is 1. The van der Waals surface area contributed by atoms with E-state index in [0.717, 1.165) is 5.56 Å². The van der Waals surface area contributed by atoms with Crippen LogP contribution in [0.5, 0.6) is 5.75 Å². The Hall–Kier alpha value is -4.73. The third kappa shape index (κ3) is 4.96. The quantitative estimate of drug-likeness (QED) is 0.418. The normalized spacial score (nSPS) is 11.2. The Kier molecular flexibility index (Phi) is 6.26. The molecule has 2 N–H and O–H groups in total. The predicted octanol–water partition coefficient (Wildman–Crippen LogP) is 3.54. The van der Waals surface area contributed by atoms with Gasteiger partial charge in [-0.3, -0.25) is 9.59 Å². The van der Waals surface area contributed by atoms with E-state index in [-0.39, 0.29) is 11.6 Å². The summed E-state index contributed by atoms with van der Waals surface area (Å²) < 4.78 is 12.1. The van der Waals surface area contributed by atoms with Crippen LogP contribution in [0.25, 0.3) is 23.2 Å². The highest BCUT2D eigenvalue weighted by molar-refractivity contribution is 6.24. The van der Waals surface area contributed by atoms with E-state index in [0.29, 0.717) is 28.7 Å². The molecule has 0 unspecified atom stereocenters. The molecule has 0 saturated heterocycles. The SMILES string of the molecule is COc1ccc(NC(C)=O)cc1NC(=O)/C(=C\c1ccco1)n1nnnc1-c1ccccc1. The van der Waals surface area contributed by atoms with Gasteiger partial charge in [0.1, 0.15) is 17.2 Å². The number of anilines is 2. The van der Waals surface area contributed by atoms with Gasteiger partial charge in [0, 0.05) is 24.3 Å². The van der Waals surface area contributed by atoms with E-state index in [1.807, 2.05) is 30.3 Å². The van der Waals surface area contributed by atoms with Gasteiger partial charge < -0.3 is 19.8 Å². The number of amides is 2. The molecular weight excluding hydrogens is 424 g/mol. The average molecular weight is 444 g/mol. The van der Waals surface area contributed by atoms with Crippen molar-refractivity contribution in [3.63, 3.8) is 0 Å². The Labute approximate surface area is 188 Å². The van der Waals surface area contributed by atoms with Gasteiger partial charge in [-0.25, -0.2) is 0 Å². The minimum atomic E-state index is -0.519. The monoisotopic (exact) mass is 444 g/mol. The largest absolute Gasteiger partial charge is 0.495 e. The van der Waals surface area contributed by atoms with Gasteiger partial charge >= 0.3 is 0 Å². The summed E-state index contributed by atoms with van der Waals surface area (Å²) in [5.41, 5.74) is 1.70. The highest BCUT2D eigenvalue weighted by atomic mass is 16.5. The number of carbonyl (C=O) groups is 2. The maximum atomic E-state index is 13.4. The summed E-state index contributed by atoms with van der Waals surface area (Å²) in [4.78, 5) is 24.9. The number of benzene rings is 2. The second-order valence-corrected chi connectivity index (χ2v) is 6.88. The van der Waals surface area contributed by atoms with Crippen molar-refractivity contribution in [2.24, 2.45) is 0 Å². The molecule has 0 saturated carbocycles. The van der Waals surface area contributed by atoms with Crippen molar-refractivity contribution in [2.45, 2.75) is 6.92 Å². The molecule has 10 nitrogen and oxygen atoms in total. The van der Waals surface area contributed by atoms with Crippen molar-refractivity contribution >= 4 is 35.0 Å². The molecule has 10 heteroatoms. The summed E-state index contributed by atoms with van der Waals surface area (Å²) in [6, 6.07) is 17.6. The van der Waals surface area contributed by atoms with Crippen LogP contribution in [0, 0.1) is 0 Å².